The van der Waals surface area contributed by atoms with Gasteiger partial charge < -0.3 is 19.7 Å². The van der Waals surface area contributed by atoms with E-state index < -0.39 is 12.2 Å². The minimum atomic E-state index is -0.480. The van der Waals surface area contributed by atoms with Crippen LogP contribution < -0.4 is 9.47 Å². The van der Waals surface area contributed by atoms with Gasteiger partial charge in [0.2, 0.25) is 11.8 Å². The van der Waals surface area contributed by atoms with E-state index in [9.17, 15) is 10.2 Å². The quantitative estimate of drug-likeness (QED) is 0.224. The number of hydrogen-bond donors (Lipinski definition) is 2. The van der Waals surface area contributed by atoms with E-state index in [1.807, 2.05) is 103 Å². The van der Waals surface area contributed by atoms with E-state index in [-0.39, 0.29) is 0 Å². The standard InChI is InChI=1S/C33H29NO4/c1-22(35)24-6-10-26(11-7-24)28-14-18-30(19-15-28)37-32-4-3-5-33(34-32)38-31-20-16-29(17-21-31)27-12-8-25(9-13-27)23(2)36/h3-23,35-36H,1-2H3. The highest BCUT2D eigenvalue weighted by atomic mass is 16.5. The molecule has 0 saturated heterocycles. The lowest BCUT2D eigenvalue weighted by molar-refractivity contribution is 0.199. The van der Waals surface area contributed by atoms with Gasteiger partial charge in [0, 0.05) is 12.1 Å². The topological polar surface area (TPSA) is 71.8 Å². The predicted molar refractivity (Wildman–Crippen MR) is 149 cm³/mol. The summed E-state index contributed by atoms with van der Waals surface area (Å²) in [6.07, 6.45) is -0.960. The second-order valence-electron chi connectivity index (χ2n) is 9.16. The molecule has 2 unspecified atom stereocenters. The van der Waals surface area contributed by atoms with Crippen LogP contribution in [0.5, 0.6) is 23.3 Å². The molecule has 0 bridgehead atoms. The number of benzene rings is 4. The van der Waals surface area contributed by atoms with Crippen molar-refractivity contribution in [1.82, 2.24) is 4.98 Å². The molecule has 4 aromatic carbocycles. The molecule has 2 atom stereocenters. The Morgan fingerprint density at radius 2 is 0.789 bits per heavy atom. The van der Waals surface area contributed by atoms with Crippen molar-refractivity contribution < 1.29 is 19.7 Å². The van der Waals surface area contributed by atoms with Crippen LogP contribution in [0.2, 0.25) is 0 Å². The third kappa shape index (κ3) is 6.09. The zero-order chi connectivity index (χ0) is 26.5. The maximum atomic E-state index is 9.70. The minimum Gasteiger partial charge on any atom is -0.439 e. The van der Waals surface area contributed by atoms with Crippen molar-refractivity contribution in [1.29, 1.82) is 0 Å². The molecular formula is C33H29NO4. The molecule has 2 N–H and O–H groups in total. The van der Waals surface area contributed by atoms with Gasteiger partial charge in [-0.1, -0.05) is 78.9 Å². The van der Waals surface area contributed by atoms with Crippen LogP contribution in [0.4, 0.5) is 0 Å². The first-order valence-corrected chi connectivity index (χ1v) is 12.5. The van der Waals surface area contributed by atoms with Crippen LogP contribution >= 0.6 is 0 Å². The predicted octanol–water partition coefficient (Wildman–Crippen LogP) is 8.11. The van der Waals surface area contributed by atoms with E-state index in [2.05, 4.69) is 4.98 Å². The highest BCUT2D eigenvalue weighted by molar-refractivity contribution is 5.65. The molecule has 0 spiro atoms. The molecule has 0 aliphatic rings. The number of hydrogen-bond acceptors (Lipinski definition) is 5. The molecule has 1 aromatic heterocycles. The van der Waals surface area contributed by atoms with Crippen LogP contribution in [0.25, 0.3) is 22.3 Å². The monoisotopic (exact) mass is 503 g/mol. The first kappa shape index (κ1) is 25.2. The van der Waals surface area contributed by atoms with E-state index in [4.69, 9.17) is 9.47 Å². The minimum absolute atomic E-state index is 0.436. The molecule has 5 rings (SSSR count). The Balaban J connectivity index is 1.23. The smallest absolute Gasteiger partial charge is 0.222 e. The van der Waals surface area contributed by atoms with Gasteiger partial charge in [0.25, 0.3) is 0 Å². The maximum absolute atomic E-state index is 9.70. The normalized spacial score (nSPS) is 12.5. The summed E-state index contributed by atoms with van der Waals surface area (Å²) in [5.74, 6) is 2.22. The van der Waals surface area contributed by atoms with Gasteiger partial charge in [-0.3, -0.25) is 0 Å². The SMILES string of the molecule is CC(O)c1ccc(-c2ccc(Oc3cccc(Oc4ccc(-c5ccc(C(C)O)cc5)cc4)n3)cc2)cc1. The fourth-order valence-electron chi connectivity index (χ4n) is 4.09. The molecule has 38 heavy (non-hydrogen) atoms. The number of pyridine rings is 1. The van der Waals surface area contributed by atoms with E-state index in [1.165, 1.54) is 0 Å². The van der Waals surface area contributed by atoms with Gasteiger partial charge in [0.15, 0.2) is 0 Å². The molecule has 5 aromatic rings. The van der Waals surface area contributed by atoms with Crippen molar-refractivity contribution in [3.8, 4) is 45.5 Å². The zero-order valence-corrected chi connectivity index (χ0v) is 21.3. The Labute approximate surface area is 222 Å². The Kier molecular flexibility index (Phi) is 7.50. The third-order valence-electron chi connectivity index (χ3n) is 6.30. The Morgan fingerprint density at radius 1 is 0.474 bits per heavy atom. The summed E-state index contributed by atoms with van der Waals surface area (Å²) < 4.78 is 11.9. The van der Waals surface area contributed by atoms with Crippen molar-refractivity contribution in [2.45, 2.75) is 26.1 Å². The van der Waals surface area contributed by atoms with Crippen LogP contribution in [0.1, 0.15) is 37.2 Å². The molecule has 0 fully saturated rings. The average molecular weight is 504 g/mol. The lowest BCUT2D eigenvalue weighted by Gasteiger charge is -2.10. The Morgan fingerprint density at radius 3 is 1.11 bits per heavy atom. The van der Waals surface area contributed by atoms with Gasteiger partial charge >= 0.3 is 0 Å². The molecule has 0 aliphatic carbocycles. The summed E-state index contributed by atoms with van der Waals surface area (Å²) in [7, 11) is 0. The number of rotatable bonds is 8. The number of aromatic nitrogens is 1. The van der Waals surface area contributed by atoms with Gasteiger partial charge in [0.1, 0.15) is 11.5 Å². The van der Waals surface area contributed by atoms with Crippen molar-refractivity contribution in [3.05, 3.63) is 126 Å². The number of ether oxygens (including phenoxy) is 2. The lowest BCUT2D eigenvalue weighted by atomic mass is 10.0. The first-order valence-electron chi connectivity index (χ1n) is 12.5. The zero-order valence-electron chi connectivity index (χ0n) is 21.3. The Hall–Kier alpha value is -4.45. The maximum Gasteiger partial charge on any atom is 0.222 e. The van der Waals surface area contributed by atoms with Gasteiger partial charge in [-0.15, -0.1) is 0 Å². The molecule has 0 aliphatic heterocycles. The summed E-state index contributed by atoms with van der Waals surface area (Å²) in [5, 5.41) is 19.4. The Bertz CT molecular complexity index is 1360. The molecule has 1 heterocycles. The van der Waals surface area contributed by atoms with Gasteiger partial charge in [-0.2, -0.15) is 4.98 Å². The van der Waals surface area contributed by atoms with Gasteiger partial charge in [-0.05, 0) is 71.5 Å². The van der Waals surface area contributed by atoms with Crippen LogP contribution in [-0.4, -0.2) is 15.2 Å². The van der Waals surface area contributed by atoms with Gasteiger partial charge in [-0.25, -0.2) is 0 Å². The molecule has 5 nitrogen and oxygen atoms in total. The van der Waals surface area contributed by atoms with Gasteiger partial charge in [0.05, 0.1) is 12.2 Å². The van der Waals surface area contributed by atoms with Crippen molar-refractivity contribution >= 4 is 0 Å². The molecule has 0 amide bonds. The van der Waals surface area contributed by atoms with Crippen LogP contribution in [-0.2, 0) is 0 Å². The number of nitrogens with zero attached hydrogens (tertiary/aromatic N) is 1. The highest BCUT2D eigenvalue weighted by Gasteiger charge is 2.07. The second kappa shape index (κ2) is 11.3. The summed E-state index contributed by atoms with van der Waals surface area (Å²) in [6, 6.07) is 36.7. The number of aliphatic hydroxyl groups is 2. The van der Waals surface area contributed by atoms with Crippen LogP contribution in [0.3, 0.4) is 0 Å². The van der Waals surface area contributed by atoms with Crippen LogP contribution in [0.15, 0.2) is 115 Å². The molecule has 0 radical (unpaired) electrons. The molecule has 5 heteroatoms. The number of aliphatic hydroxyl groups excluding tert-OH is 2. The molecular weight excluding hydrogens is 474 g/mol. The van der Waals surface area contributed by atoms with Crippen LogP contribution in [0, 0.1) is 0 Å². The van der Waals surface area contributed by atoms with E-state index in [0.717, 1.165) is 33.4 Å². The largest absolute Gasteiger partial charge is 0.439 e. The van der Waals surface area contributed by atoms with Crippen molar-refractivity contribution in [2.24, 2.45) is 0 Å². The summed E-state index contributed by atoms with van der Waals surface area (Å²) in [4.78, 5) is 4.49. The summed E-state index contributed by atoms with van der Waals surface area (Å²) >= 11 is 0. The molecule has 190 valence electrons. The fraction of sp³-hybridized carbons (Fsp3) is 0.121. The fourth-order valence-corrected chi connectivity index (χ4v) is 4.09. The third-order valence-corrected chi connectivity index (χ3v) is 6.30. The molecule has 0 saturated carbocycles. The highest BCUT2D eigenvalue weighted by Crippen LogP contribution is 2.29. The summed E-state index contributed by atoms with van der Waals surface area (Å²) in [6.45, 7) is 3.51. The van der Waals surface area contributed by atoms with E-state index in [0.29, 0.717) is 23.3 Å². The lowest BCUT2D eigenvalue weighted by Crippen LogP contribution is -1.92. The average Bonchev–Trinajstić information content (AvgIpc) is 2.94. The van der Waals surface area contributed by atoms with Crippen molar-refractivity contribution in [3.63, 3.8) is 0 Å². The first-order chi connectivity index (χ1) is 18.4. The summed E-state index contributed by atoms with van der Waals surface area (Å²) in [5.41, 5.74) is 6.03. The van der Waals surface area contributed by atoms with Crippen molar-refractivity contribution in [2.75, 3.05) is 0 Å². The van der Waals surface area contributed by atoms with E-state index in [1.54, 1.807) is 26.0 Å². The van der Waals surface area contributed by atoms with E-state index >= 15 is 0 Å². The second-order valence-corrected chi connectivity index (χ2v) is 9.16.